The van der Waals surface area contributed by atoms with E-state index < -0.39 is 12.0 Å². The number of fused-ring (bicyclic) bond motifs is 1. The number of anilines is 1. The Morgan fingerprint density at radius 1 is 0.788 bits per heavy atom. The van der Waals surface area contributed by atoms with E-state index in [4.69, 9.17) is 4.84 Å². The van der Waals surface area contributed by atoms with Gasteiger partial charge in [0.15, 0.2) is 6.10 Å². The summed E-state index contributed by atoms with van der Waals surface area (Å²) in [5.74, 6) is -1.05. The number of carbonyl (C=O) groups excluding carboxylic acids is 2. The molecule has 0 bridgehead atoms. The van der Waals surface area contributed by atoms with Crippen molar-refractivity contribution in [2.24, 2.45) is 5.92 Å². The second kappa shape index (κ2) is 8.16. The van der Waals surface area contributed by atoms with Gasteiger partial charge in [-0.05, 0) is 34.2 Å². The first kappa shape index (κ1) is 21.4. The van der Waals surface area contributed by atoms with E-state index in [1.165, 1.54) is 10.5 Å². The van der Waals surface area contributed by atoms with Gasteiger partial charge >= 0.3 is 0 Å². The molecule has 3 aromatic carbocycles. The summed E-state index contributed by atoms with van der Waals surface area (Å²) in [6, 6.07) is 27.2. The molecule has 2 aliphatic heterocycles. The molecule has 2 amide bonds. The lowest BCUT2D eigenvalue weighted by Crippen LogP contribution is -2.37. The van der Waals surface area contributed by atoms with Gasteiger partial charge in [0.25, 0.3) is 5.91 Å². The standard InChI is InChI=1S/C28H28N2O3/c1-28(2,3)21-16-14-20(15-17-21)24-23-25(33-30(24)22-12-8-5-9-13-22)27(32)29(26(23)31)18-19-10-6-4-7-11-19/h4-17,23-25H,18H2,1-3H3/t23-,24+,25-/m0/s1. The molecule has 0 N–H and O–H groups in total. The predicted octanol–water partition coefficient (Wildman–Crippen LogP) is 5.03. The van der Waals surface area contributed by atoms with Crippen LogP contribution in [0.1, 0.15) is 43.5 Å². The number of hydrogen-bond donors (Lipinski definition) is 0. The largest absolute Gasteiger partial charge is 0.275 e. The van der Waals surface area contributed by atoms with Gasteiger partial charge in [-0.25, -0.2) is 5.06 Å². The van der Waals surface area contributed by atoms with Gasteiger partial charge in [0.2, 0.25) is 5.91 Å². The number of hydroxylamine groups is 1. The number of amides is 2. The number of benzene rings is 3. The van der Waals surface area contributed by atoms with E-state index in [-0.39, 0.29) is 29.8 Å². The number of carbonyl (C=O) groups is 2. The van der Waals surface area contributed by atoms with E-state index in [1.807, 2.05) is 60.7 Å². The molecule has 0 unspecified atom stereocenters. The molecule has 0 saturated carbocycles. The highest BCUT2D eigenvalue weighted by Crippen LogP contribution is 2.47. The molecule has 2 fully saturated rings. The van der Waals surface area contributed by atoms with Crippen LogP contribution in [0, 0.1) is 5.92 Å². The molecule has 3 atom stereocenters. The predicted molar refractivity (Wildman–Crippen MR) is 127 cm³/mol. The lowest BCUT2D eigenvalue weighted by molar-refractivity contribution is -0.143. The highest BCUT2D eigenvalue weighted by molar-refractivity contribution is 6.07. The minimum atomic E-state index is -0.825. The topological polar surface area (TPSA) is 49.9 Å². The van der Waals surface area contributed by atoms with Crippen LogP contribution < -0.4 is 5.06 Å². The van der Waals surface area contributed by atoms with Crippen LogP contribution >= 0.6 is 0 Å². The van der Waals surface area contributed by atoms with Gasteiger partial charge in [0.1, 0.15) is 5.92 Å². The Bertz CT molecular complexity index is 1150. The van der Waals surface area contributed by atoms with Gasteiger partial charge in [0, 0.05) is 0 Å². The van der Waals surface area contributed by atoms with E-state index in [2.05, 4.69) is 45.0 Å². The second-order valence-corrected chi connectivity index (χ2v) is 9.78. The van der Waals surface area contributed by atoms with Crippen LogP contribution in [0.3, 0.4) is 0 Å². The smallest absolute Gasteiger partial charge is 0.262 e. The molecule has 2 saturated heterocycles. The van der Waals surface area contributed by atoms with E-state index in [1.54, 1.807) is 5.06 Å². The van der Waals surface area contributed by atoms with Crippen molar-refractivity contribution in [1.29, 1.82) is 0 Å². The van der Waals surface area contributed by atoms with E-state index in [0.29, 0.717) is 0 Å². The molecular formula is C28H28N2O3. The molecule has 5 nitrogen and oxygen atoms in total. The Hall–Kier alpha value is -3.44. The van der Waals surface area contributed by atoms with Gasteiger partial charge in [-0.1, -0.05) is 93.6 Å². The van der Waals surface area contributed by atoms with Crippen molar-refractivity contribution in [3.63, 3.8) is 0 Å². The third-order valence-corrected chi connectivity index (χ3v) is 6.52. The van der Waals surface area contributed by atoms with Gasteiger partial charge in [-0.2, -0.15) is 0 Å². The van der Waals surface area contributed by atoms with Crippen LogP contribution in [0.25, 0.3) is 0 Å². The SMILES string of the molecule is CC(C)(C)c1ccc([C@@H]2[C@@H]3C(=O)N(Cc4ccccc4)C(=O)[C@H]3ON2c2ccccc2)cc1. The van der Waals surface area contributed by atoms with Crippen LogP contribution in [-0.2, 0) is 26.4 Å². The Morgan fingerprint density at radius 3 is 2.00 bits per heavy atom. The highest BCUT2D eigenvalue weighted by Gasteiger charge is 2.59. The van der Waals surface area contributed by atoms with Crippen LogP contribution in [0.5, 0.6) is 0 Å². The summed E-state index contributed by atoms with van der Waals surface area (Å²) < 4.78 is 0. The average molecular weight is 441 g/mol. The molecule has 0 radical (unpaired) electrons. The maximum absolute atomic E-state index is 13.6. The third-order valence-electron chi connectivity index (χ3n) is 6.52. The molecule has 5 heteroatoms. The van der Waals surface area contributed by atoms with Crippen molar-refractivity contribution < 1.29 is 14.4 Å². The number of nitrogens with zero attached hydrogens (tertiary/aromatic N) is 2. The lowest BCUT2D eigenvalue weighted by Gasteiger charge is -2.29. The Kier molecular flexibility index (Phi) is 5.29. The maximum atomic E-state index is 13.6. The van der Waals surface area contributed by atoms with Gasteiger partial charge in [-0.3, -0.25) is 19.3 Å². The molecule has 5 rings (SSSR count). The minimum Gasteiger partial charge on any atom is -0.275 e. The van der Waals surface area contributed by atoms with Gasteiger partial charge in [0.05, 0.1) is 18.3 Å². The fraction of sp³-hybridized carbons (Fsp3) is 0.286. The fourth-order valence-corrected chi connectivity index (χ4v) is 4.71. The number of para-hydroxylation sites is 1. The molecular weight excluding hydrogens is 412 g/mol. The fourth-order valence-electron chi connectivity index (χ4n) is 4.71. The maximum Gasteiger partial charge on any atom is 0.262 e. The zero-order valence-electron chi connectivity index (χ0n) is 19.1. The molecule has 0 aliphatic carbocycles. The summed E-state index contributed by atoms with van der Waals surface area (Å²) in [7, 11) is 0. The molecule has 2 aliphatic rings. The summed E-state index contributed by atoms with van der Waals surface area (Å²) in [6.45, 7) is 6.78. The summed E-state index contributed by atoms with van der Waals surface area (Å²) in [4.78, 5) is 34.4. The minimum absolute atomic E-state index is 0.0258. The zero-order valence-corrected chi connectivity index (χ0v) is 19.1. The molecule has 0 aromatic heterocycles. The number of likely N-dealkylation sites (tertiary alicyclic amines) is 1. The lowest BCUT2D eigenvalue weighted by atomic mass is 9.84. The monoisotopic (exact) mass is 440 g/mol. The van der Waals surface area contributed by atoms with E-state index in [9.17, 15) is 9.59 Å². The van der Waals surface area contributed by atoms with Crippen molar-refractivity contribution >= 4 is 17.5 Å². The highest BCUT2D eigenvalue weighted by atomic mass is 16.7. The second-order valence-electron chi connectivity index (χ2n) is 9.78. The van der Waals surface area contributed by atoms with Gasteiger partial charge < -0.3 is 0 Å². The molecule has 2 heterocycles. The molecule has 0 spiro atoms. The van der Waals surface area contributed by atoms with Crippen molar-refractivity contribution in [1.82, 2.24) is 4.90 Å². The van der Waals surface area contributed by atoms with Crippen molar-refractivity contribution in [2.45, 2.75) is 44.9 Å². The van der Waals surface area contributed by atoms with E-state index >= 15 is 0 Å². The molecule has 168 valence electrons. The first-order valence-electron chi connectivity index (χ1n) is 11.4. The zero-order chi connectivity index (χ0) is 23.2. The number of rotatable bonds is 4. The Labute approximate surface area is 194 Å². The summed E-state index contributed by atoms with van der Waals surface area (Å²) in [5, 5.41) is 1.75. The summed E-state index contributed by atoms with van der Waals surface area (Å²) >= 11 is 0. The van der Waals surface area contributed by atoms with Crippen molar-refractivity contribution in [2.75, 3.05) is 5.06 Å². The van der Waals surface area contributed by atoms with Crippen LogP contribution in [0.2, 0.25) is 0 Å². The first-order chi connectivity index (χ1) is 15.8. The van der Waals surface area contributed by atoms with Crippen molar-refractivity contribution in [3.8, 4) is 0 Å². The first-order valence-corrected chi connectivity index (χ1v) is 11.4. The van der Waals surface area contributed by atoms with Crippen LogP contribution in [0.4, 0.5) is 5.69 Å². The normalized spacial score (nSPS) is 22.7. The molecule has 33 heavy (non-hydrogen) atoms. The Balaban J connectivity index is 1.52. The average Bonchev–Trinajstić information content (AvgIpc) is 3.32. The quantitative estimate of drug-likeness (QED) is 0.534. The summed E-state index contributed by atoms with van der Waals surface area (Å²) in [5.41, 5.74) is 3.95. The molecule has 3 aromatic rings. The Morgan fingerprint density at radius 2 is 1.39 bits per heavy atom. The van der Waals surface area contributed by atoms with Crippen molar-refractivity contribution in [3.05, 3.63) is 102 Å². The van der Waals surface area contributed by atoms with E-state index in [0.717, 1.165) is 16.8 Å². The third kappa shape index (κ3) is 3.83. The van der Waals surface area contributed by atoms with Crippen LogP contribution in [-0.4, -0.2) is 22.8 Å². The van der Waals surface area contributed by atoms with Gasteiger partial charge in [-0.15, -0.1) is 0 Å². The number of hydrogen-bond acceptors (Lipinski definition) is 4. The summed E-state index contributed by atoms with van der Waals surface area (Å²) in [6.07, 6.45) is -0.825. The van der Waals surface area contributed by atoms with Crippen LogP contribution in [0.15, 0.2) is 84.9 Å². The number of imide groups is 1.